The molecule has 56 valence electrons. The Labute approximate surface area is 63.7 Å². The predicted octanol–water partition coefficient (Wildman–Crippen LogP) is 3.06. The Hall–Kier alpha value is -1.03. The summed E-state index contributed by atoms with van der Waals surface area (Å²) < 4.78 is 0. The van der Waals surface area contributed by atoms with Crippen molar-refractivity contribution >= 4 is 0 Å². The molecule has 0 fully saturated rings. The molecule has 0 amide bonds. The highest BCUT2D eigenvalue weighted by Gasteiger charge is 1.76. The first-order valence-electron chi connectivity index (χ1n) is 3.45. The second kappa shape index (κ2) is 10.9. The first-order valence-corrected chi connectivity index (χ1v) is 3.45. The molecule has 0 radical (unpaired) electrons. The second-order valence-electron chi connectivity index (χ2n) is 1.77. The van der Waals surface area contributed by atoms with E-state index in [4.69, 9.17) is 5.26 Å². The molecule has 0 aliphatic carbocycles. The van der Waals surface area contributed by atoms with Crippen LogP contribution in [-0.4, -0.2) is 0 Å². The lowest BCUT2D eigenvalue weighted by atomic mass is 10.3. The minimum absolute atomic E-state index is 0.625. The number of nitrogens with zero attached hydrogens (tertiary/aromatic N) is 1. The first kappa shape index (κ1) is 11.7. The summed E-state index contributed by atoms with van der Waals surface area (Å²) >= 11 is 0. The highest BCUT2D eigenvalue weighted by atomic mass is 14.2. The van der Waals surface area contributed by atoms with Gasteiger partial charge in [0.15, 0.2) is 0 Å². The van der Waals surface area contributed by atoms with Gasteiger partial charge in [0.25, 0.3) is 0 Å². The van der Waals surface area contributed by atoms with Crippen LogP contribution in [0.4, 0.5) is 0 Å². The van der Waals surface area contributed by atoms with Crippen LogP contribution < -0.4 is 0 Å². The summed E-state index contributed by atoms with van der Waals surface area (Å²) in [6.07, 6.45) is 4.49. The molecule has 0 N–H and O–H groups in total. The van der Waals surface area contributed by atoms with E-state index < -0.39 is 0 Å². The van der Waals surface area contributed by atoms with Gasteiger partial charge in [0.05, 0.1) is 6.07 Å². The third kappa shape index (κ3) is 10.1. The van der Waals surface area contributed by atoms with E-state index in [2.05, 4.69) is 20.4 Å². The van der Waals surface area contributed by atoms with Gasteiger partial charge in [0, 0.05) is 5.57 Å². The summed E-state index contributed by atoms with van der Waals surface area (Å²) in [6, 6.07) is 1.94. The van der Waals surface area contributed by atoms with Crippen molar-refractivity contribution in [1.29, 1.82) is 5.26 Å². The number of rotatable bonds is 1. The van der Waals surface area contributed by atoms with E-state index in [0.717, 1.165) is 0 Å². The van der Waals surface area contributed by atoms with Crippen LogP contribution in [0.2, 0.25) is 0 Å². The summed E-state index contributed by atoms with van der Waals surface area (Å²) in [5.74, 6) is 0. The lowest BCUT2D eigenvalue weighted by molar-refractivity contribution is 1.09. The Kier molecular flexibility index (Phi) is 12.7. The molecule has 0 saturated carbocycles. The van der Waals surface area contributed by atoms with Gasteiger partial charge in [-0.1, -0.05) is 39.0 Å². The SMILES string of the molecule is C=C/C(C#N)=C\C.CCC. The van der Waals surface area contributed by atoms with Crippen molar-refractivity contribution in [2.45, 2.75) is 27.2 Å². The van der Waals surface area contributed by atoms with Crippen molar-refractivity contribution in [3.8, 4) is 6.07 Å². The molecule has 1 nitrogen and oxygen atoms in total. The minimum Gasteiger partial charge on any atom is -0.192 e. The Bertz CT molecular complexity index is 137. The van der Waals surface area contributed by atoms with Crippen LogP contribution >= 0.6 is 0 Å². The lowest BCUT2D eigenvalue weighted by Crippen LogP contribution is -1.62. The average molecular weight is 137 g/mol. The van der Waals surface area contributed by atoms with Gasteiger partial charge < -0.3 is 0 Å². The number of hydrogen-bond acceptors (Lipinski definition) is 1. The van der Waals surface area contributed by atoms with Gasteiger partial charge in [0.2, 0.25) is 0 Å². The molecule has 0 saturated heterocycles. The smallest absolute Gasteiger partial charge is 0.0987 e. The van der Waals surface area contributed by atoms with Gasteiger partial charge in [-0.3, -0.25) is 0 Å². The summed E-state index contributed by atoms with van der Waals surface area (Å²) in [6.45, 7) is 9.47. The Morgan fingerprint density at radius 1 is 1.60 bits per heavy atom. The molecule has 0 heterocycles. The fraction of sp³-hybridized carbons (Fsp3) is 0.444. The van der Waals surface area contributed by atoms with Gasteiger partial charge in [0.1, 0.15) is 0 Å². The monoisotopic (exact) mass is 137 g/mol. The van der Waals surface area contributed by atoms with Crippen LogP contribution in [0.25, 0.3) is 0 Å². The average Bonchev–Trinajstić information content (AvgIpc) is 1.93. The zero-order valence-electron chi connectivity index (χ0n) is 7.02. The molecule has 0 rings (SSSR count). The third-order valence-electron chi connectivity index (χ3n) is 0.660. The molecular formula is C9H15N. The molecule has 0 bridgehead atoms. The molecule has 10 heavy (non-hydrogen) atoms. The zero-order chi connectivity index (χ0) is 8.41. The Morgan fingerprint density at radius 2 is 2.00 bits per heavy atom. The summed E-state index contributed by atoms with van der Waals surface area (Å²) in [7, 11) is 0. The molecule has 0 aromatic heterocycles. The molecular weight excluding hydrogens is 122 g/mol. The van der Waals surface area contributed by atoms with Crippen LogP contribution in [0.15, 0.2) is 24.3 Å². The zero-order valence-corrected chi connectivity index (χ0v) is 7.02. The largest absolute Gasteiger partial charge is 0.192 e. The van der Waals surface area contributed by atoms with Crippen molar-refractivity contribution in [2.75, 3.05) is 0 Å². The van der Waals surface area contributed by atoms with Gasteiger partial charge in [-0.05, 0) is 6.92 Å². The van der Waals surface area contributed by atoms with E-state index in [1.165, 1.54) is 12.5 Å². The number of hydrogen-bond donors (Lipinski definition) is 0. The maximum Gasteiger partial charge on any atom is 0.0987 e. The lowest BCUT2D eigenvalue weighted by Gasteiger charge is -1.74. The van der Waals surface area contributed by atoms with Crippen LogP contribution in [-0.2, 0) is 0 Å². The van der Waals surface area contributed by atoms with E-state index in [1.807, 2.05) is 6.07 Å². The van der Waals surface area contributed by atoms with Gasteiger partial charge >= 0.3 is 0 Å². The minimum atomic E-state index is 0.625. The highest BCUT2D eigenvalue weighted by Crippen LogP contribution is 1.88. The van der Waals surface area contributed by atoms with E-state index in [-0.39, 0.29) is 0 Å². The van der Waals surface area contributed by atoms with Gasteiger partial charge in [-0.25, -0.2) is 0 Å². The molecule has 0 unspecified atom stereocenters. The summed E-state index contributed by atoms with van der Waals surface area (Å²) in [4.78, 5) is 0. The predicted molar refractivity (Wildman–Crippen MR) is 45.5 cm³/mol. The highest BCUT2D eigenvalue weighted by molar-refractivity contribution is 5.30. The van der Waals surface area contributed by atoms with Gasteiger partial charge in [-0.15, -0.1) is 0 Å². The van der Waals surface area contributed by atoms with Crippen molar-refractivity contribution < 1.29 is 0 Å². The van der Waals surface area contributed by atoms with Crippen molar-refractivity contribution in [3.05, 3.63) is 24.3 Å². The summed E-state index contributed by atoms with van der Waals surface area (Å²) in [5, 5.41) is 8.14. The third-order valence-corrected chi connectivity index (χ3v) is 0.660. The fourth-order valence-electron chi connectivity index (χ4n) is 0.228. The molecule has 0 atom stereocenters. The standard InChI is InChI=1S/C6H7N.C3H8/c1-3-6(4-2)5-7;1-3-2/h3-4H,1H2,2H3;3H2,1-2H3/b6-4+;. The van der Waals surface area contributed by atoms with Crippen LogP contribution in [0.5, 0.6) is 0 Å². The number of allylic oxidation sites excluding steroid dienone is 3. The topological polar surface area (TPSA) is 23.8 Å². The maximum absolute atomic E-state index is 8.14. The molecule has 0 aliphatic rings. The molecule has 1 heteroatoms. The van der Waals surface area contributed by atoms with Crippen molar-refractivity contribution in [2.24, 2.45) is 0 Å². The Balaban J connectivity index is 0. The molecule has 0 aromatic rings. The summed E-state index contributed by atoms with van der Waals surface area (Å²) in [5.41, 5.74) is 0.625. The molecule has 0 aromatic carbocycles. The first-order chi connectivity index (χ1) is 4.76. The van der Waals surface area contributed by atoms with Crippen molar-refractivity contribution in [3.63, 3.8) is 0 Å². The Morgan fingerprint density at radius 3 is 2.00 bits per heavy atom. The van der Waals surface area contributed by atoms with Crippen molar-refractivity contribution in [1.82, 2.24) is 0 Å². The molecule has 0 aliphatic heterocycles. The van der Waals surface area contributed by atoms with Gasteiger partial charge in [-0.2, -0.15) is 5.26 Å². The quantitative estimate of drug-likeness (QED) is 0.402. The van der Waals surface area contributed by atoms with E-state index in [1.54, 1.807) is 13.0 Å². The fourth-order valence-corrected chi connectivity index (χ4v) is 0.228. The van der Waals surface area contributed by atoms with Crippen LogP contribution in [0.1, 0.15) is 27.2 Å². The van der Waals surface area contributed by atoms with Crippen LogP contribution in [0.3, 0.4) is 0 Å². The number of nitriles is 1. The van der Waals surface area contributed by atoms with E-state index >= 15 is 0 Å². The maximum atomic E-state index is 8.14. The second-order valence-corrected chi connectivity index (χ2v) is 1.77. The van der Waals surface area contributed by atoms with E-state index in [9.17, 15) is 0 Å². The normalized spacial score (nSPS) is 8.80. The van der Waals surface area contributed by atoms with E-state index in [0.29, 0.717) is 5.57 Å². The van der Waals surface area contributed by atoms with Crippen LogP contribution in [0, 0.1) is 11.3 Å². The molecule has 0 spiro atoms.